The molecule has 1 amide bonds. The van der Waals surface area contributed by atoms with Crippen LogP contribution in [0.4, 0.5) is 5.13 Å². The van der Waals surface area contributed by atoms with E-state index in [2.05, 4.69) is 20.8 Å². The lowest BCUT2D eigenvalue weighted by molar-refractivity contribution is 0.0747. The number of piperazine rings is 1. The summed E-state index contributed by atoms with van der Waals surface area (Å²) in [6, 6.07) is 11.3. The van der Waals surface area contributed by atoms with Crippen molar-refractivity contribution in [2.75, 3.05) is 38.2 Å². The number of fused-ring (bicyclic) bond motifs is 1. The molecule has 0 bridgehead atoms. The largest absolute Gasteiger partial charge is 0.497 e. The van der Waals surface area contributed by atoms with E-state index in [-0.39, 0.29) is 5.91 Å². The number of halogens is 2. The summed E-state index contributed by atoms with van der Waals surface area (Å²) in [5.41, 5.74) is 1.50. The highest BCUT2D eigenvalue weighted by Crippen LogP contribution is 2.32. The van der Waals surface area contributed by atoms with Crippen molar-refractivity contribution in [3.05, 3.63) is 51.5 Å². The quantitative estimate of drug-likeness (QED) is 0.562. The van der Waals surface area contributed by atoms with Gasteiger partial charge in [-0.15, -0.1) is 0 Å². The molecule has 0 aliphatic carbocycles. The number of rotatable bonds is 3. The Morgan fingerprint density at radius 3 is 2.70 bits per heavy atom. The summed E-state index contributed by atoms with van der Waals surface area (Å²) in [6.07, 6.45) is 0. The number of ether oxygens (including phenoxy) is 1. The Morgan fingerprint density at radius 2 is 1.96 bits per heavy atom. The first-order valence-electron chi connectivity index (χ1n) is 8.49. The molecule has 1 aliphatic heterocycles. The molecule has 140 valence electrons. The van der Waals surface area contributed by atoms with Crippen LogP contribution in [0.25, 0.3) is 10.2 Å². The molecule has 0 saturated carbocycles. The topological polar surface area (TPSA) is 45.7 Å². The standard InChI is InChI=1S/C19H17BrClN3O2S/c1-26-13-3-5-16-17(11-13)27-19(22-16)24-8-6-23(7-9-24)18(25)14-10-12(20)2-4-15(14)21/h2-5,10-11H,6-9H2,1H3. The Kier molecular flexibility index (Phi) is 5.25. The van der Waals surface area contributed by atoms with E-state index in [9.17, 15) is 4.79 Å². The second-order valence-corrected chi connectivity index (χ2v) is 8.57. The molecule has 2 heterocycles. The highest BCUT2D eigenvalue weighted by Gasteiger charge is 2.25. The van der Waals surface area contributed by atoms with E-state index in [0.29, 0.717) is 23.7 Å². The van der Waals surface area contributed by atoms with Crippen LogP contribution in [0.5, 0.6) is 5.75 Å². The molecule has 1 aromatic heterocycles. The van der Waals surface area contributed by atoms with Gasteiger partial charge in [-0.1, -0.05) is 38.9 Å². The van der Waals surface area contributed by atoms with Gasteiger partial charge < -0.3 is 14.5 Å². The number of aromatic nitrogens is 1. The summed E-state index contributed by atoms with van der Waals surface area (Å²) in [6.45, 7) is 2.77. The molecule has 1 saturated heterocycles. The van der Waals surface area contributed by atoms with E-state index in [1.165, 1.54) is 0 Å². The molecule has 27 heavy (non-hydrogen) atoms. The summed E-state index contributed by atoms with van der Waals surface area (Å²) >= 11 is 11.3. The molecular weight excluding hydrogens is 450 g/mol. The summed E-state index contributed by atoms with van der Waals surface area (Å²) in [5.74, 6) is 0.800. The molecule has 2 aromatic carbocycles. The minimum atomic E-state index is -0.0324. The van der Waals surface area contributed by atoms with Crippen molar-refractivity contribution in [3.8, 4) is 5.75 Å². The van der Waals surface area contributed by atoms with Gasteiger partial charge in [0.25, 0.3) is 5.91 Å². The van der Waals surface area contributed by atoms with E-state index < -0.39 is 0 Å². The monoisotopic (exact) mass is 465 g/mol. The van der Waals surface area contributed by atoms with Crippen LogP contribution >= 0.6 is 38.9 Å². The fourth-order valence-electron chi connectivity index (χ4n) is 3.09. The molecule has 5 nitrogen and oxygen atoms in total. The Hall–Kier alpha value is -1.83. The lowest BCUT2D eigenvalue weighted by Crippen LogP contribution is -2.48. The van der Waals surface area contributed by atoms with Gasteiger partial charge in [-0.2, -0.15) is 0 Å². The third kappa shape index (κ3) is 3.77. The first-order valence-corrected chi connectivity index (χ1v) is 10.5. The Labute approximate surface area is 174 Å². The molecule has 4 rings (SSSR count). The zero-order valence-electron chi connectivity index (χ0n) is 14.6. The molecule has 3 aromatic rings. The maximum absolute atomic E-state index is 12.8. The van der Waals surface area contributed by atoms with Crippen molar-refractivity contribution in [1.82, 2.24) is 9.88 Å². The van der Waals surface area contributed by atoms with Crippen molar-refractivity contribution < 1.29 is 9.53 Å². The van der Waals surface area contributed by atoms with Crippen molar-refractivity contribution in [2.24, 2.45) is 0 Å². The third-order valence-electron chi connectivity index (χ3n) is 4.58. The number of benzene rings is 2. The predicted octanol–water partition coefficient (Wildman–Crippen LogP) is 4.68. The Morgan fingerprint density at radius 1 is 1.19 bits per heavy atom. The van der Waals surface area contributed by atoms with Crippen LogP contribution in [-0.4, -0.2) is 49.1 Å². The summed E-state index contributed by atoms with van der Waals surface area (Å²) < 4.78 is 7.23. The van der Waals surface area contributed by atoms with Crippen molar-refractivity contribution >= 4 is 60.1 Å². The maximum Gasteiger partial charge on any atom is 0.255 e. The maximum atomic E-state index is 12.8. The van der Waals surface area contributed by atoms with Gasteiger partial charge >= 0.3 is 0 Å². The number of amides is 1. The smallest absolute Gasteiger partial charge is 0.255 e. The zero-order valence-corrected chi connectivity index (χ0v) is 17.8. The molecule has 0 radical (unpaired) electrons. The molecule has 0 N–H and O–H groups in total. The van der Waals surface area contributed by atoms with Crippen molar-refractivity contribution in [1.29, 1.82) is 0 Å². The number of thiazole rings is 1. The van der Waals surface area contributed by atoms with E-state index >= 15 is 0 Å². The Balaban J connectivity index is 1.47. The van der Waals surface area contributed by atoms with Gasteiger partial charge in [0.1, 0.15) is 5.75 Å². The first kappa shape index (κ1) is 18.5. The van der Waals surface area contributed by atoms with Crippen LogP contribution in [0.1, 0.15) is 10.4 Å². The highest BCUT2D eigenvalue weighted by atomic mass is 79.9. The van der Waals surface area contributed by atoms with Crippen molar-refractivity contribution in [3.63, 3.8) is 0 Å². The number of nitrogens with zero attached hydrogens (tertiary/aromatic N) is 3. The van der Waals surface area contributed by atoms with E-state index in [0.717, 1.165) is 38.7 Å². The summed E-state index contributed by atoms with van der Waals surface area (Å²) in [5, 5.41) is 1.46. The number of anilines is 1. The van der Waals surface area contributed by atoms with E-state index in [1.807, 2.05) is 29.2 Å². The molecule has 0 atom stereocenters. The van der Waals surface area contributed by atoms with Gasteiger partial charge in [-0.3, -0.25) is 4.79 Å². The van der Waals surface area contributed by atoms with Crippen LogP contribution in [0.15, 0.2) is 40.9 Å². The Bertz CT molecular complexity index is 1000. The van der Waals surface area contributed by atoms with Gasteiger partial charge in [0.15, 0.2) is 5.13 Å². The number of hydrogen-bond donors (Lipinski definition) is 0. The van der Waals surface area contributed by atoms with Gasteiger partial charge in [0.05, 0.1) is 27.9 Å². The molecule has 0 unspecified atom stereocenters. The average Bonchev–Trinajstić information content (AvgIpc) is 3.12. The molecular formula is C19H17BrClN3O2S. The van der Waals surface area contributed by atoms with Gasteiger partial charge in [-0.25, -0.2) is 4.98 Å². The minimum Gasteiger partial charge on any atom is -0.497 e. The summed E-state index contributed by atoms with van der Waals surface area (Å²) in [4.78, 5) is 21.6. The van der Waals surface area contributed by atoms with Crippen LogP contribution in [0.2, 0.25) is 5.02 Å². The number of carbonyl (C=O) groups excluding carboxylic acids is 1. The van der Waals surface area contributed by atoms with Crippen molar-refractivity contribution in [2.45, 2.75) is 0 Å². The van der Waals surface area contributed by atoms with Crippen LogP contribution in [0.3, 0.4) is 0 Å². The van der Waals surface area contributed by atoms with Crippen LogP contribution in [-0.2, 0) is 0 Å². The SMILES string of the molecule is COc1ccc2nc(N3CCN(C(=O)c4cc(Br)ccc4Cl)CC3)sc2c1. The number of hydrogen-bond acceptors (Lipinski definition) is 5. The molecule has 1 aliphatic rings. The van der Waals surface area contributed by atoms with Gasteiger partial charge in [0.2, 0.25) is 0 Å². The minimum absolute atomic E-state index is 0.0324. The average molecular weight is 467 g/mol. The lowest BCUT2D eigenvalue weighted by Gasteiger charge is -2.34. The van der Waals surface area contributed by atoms with E-state index in [4.69, 9.17) is 21.3 Å². The highest BCUT2D eigenvalue weighted by molar-refractivity contribution is 9.10. The van der Waals surface area contributed by atoms with Crippen LogP contribution in [0, 0.1) is 0 Å². The molecule has 0 spiro atoms. The van der Waals surface area contributed by atoms with Gasteiger partial charge in [-0.05, 0) is 36.4 Å². The normalized spacial score (nSPS) is 14.6. The van der Waals surface area contributed by atoms with E-state index in [1.54, 1.807) is 30.6 Å². The third-order valence-corrected chi connectivity index (χ3v) is 6.48. The lowest BCUT2D eigenvalue weighted by atomic mass is 10.2. The zero-order chi connectivity index (χ0) is 19.0. The second-order valence-electron chi connectivity index (χ2n) is 6.23. The molecule has 1 fully saturated rings. The number of carbonyl (C=O) groups is 1. The summed E-state index contributed by atoms with van der Waals surface area (Å²) in [7, 11) is 1.66. The van der Waals surface area contributed by atoms with Crippen LogP contribution < -0.4 is 9.64 Å². The first-order chi connectivity index (χ1) is 13.0. The number of methoxy groups -OCH3 is 1. The fraction of sp³-hybridized carbons (Fsp3) is 0.263. The second kappa shape index (κ2) is 7.66. The molecule has 8 heteroatoms. The van der Waals surface area contributed by atoms with Gasteiger partial charge in [0, 0.05) is 30.7 Å². The fourth-order valence-corrected chi connectivity index (χ4v) is 4.69. The predicted molar refractivity (Wildman–Crippen MR) is 113 cm³/mol.